The van der Waals surface area contributed by atoms with Crippen LogP contribution in [0.5, 0.6) is 0 Å². The quantitative estimate of drug-likeness (QED) is 0.473. The Hall–Kier alpha value is -0.340. The van der Waals surface area contributed by atoms with Gasteiger partial charge in [0.05, 0.1) is 11.7 Å². The molecule has 78 valence electrons. The molecule has 0 radical (unpaired) electrons. The molecule has 0 amide bonds. The summed E-state index contributed by atoms with van der Waals surface area (Å²) in [5.41, 5.74) is -0.960. The summed E-state index contributed by atoms with van der Waals surface area (Å²) in [5, 5.41) is 18.9. The number of hydrogen-bond acceptors (Lipinski definition) is 2. The van der Waals surface area contributed by atoms with E-state index in [0.717, 1.165) is 25.7 Å². The lowest BCUT2D eigenvalue weighted by atomic mass is 9.96. The molecule has 2 nitrogen and oxygen atoms in total. The van der Waals surface area contributed by atoms with Crippen LogP contribution in [-0.2, 0) is 0 Å². The Labute approximate surface area is 81.3 Å². The van der Waals surface area contributed by atoms with Gasteiger partial charge in [0.15, 0.2) is 0 Å². The van der Waals surface area contributed by atoms with Crippen LogP contribution in [-0.4, -0.2) is 21.9 Å². The summed E-state index contributed by atoms with van der Waals surface area (Å²) in [6, 6.07) is 0. The van der Waals surface area contributed by atoms with Crippen molar-refractivity contribution in [2.24, 2.45) is 0 Å². The zero-order valence-corrected chi connectivity index (χ0v) is 8.79. The lowest BCUT2D eigenvalue weighted by Gasteiger charge is -2.24. The Morgan fingerprint density at radius 1 is 1.31 bits per heavy atom. The lowest BCUT2D eigenvalue weighted by molar-refractivity contribution is -0.0521. The van der Waals surface area contributed by atoms with Crippen LogP contribution in [0.15, 0.2) is 12.7 Å². The smallest absolute Gasteiger partial charge is 0.0849 e. The van der Waals surface area contributed by atoms with Crippen molar-refractivity contribution in [3.05, 3.63) is 12.7 Å². The average molecular weight is 186 g/mol. The Bertz CT molecular complexity index is 136. The van der Waals surface area contributed by atoms with Crippen LogP contribution < -0.4 is 0 Å². The van der Waals surface area contributed by atoms with E-state index >= 15 is 0 Å². The van der Waals surface area contributed by atoms with E-state index in [-0.39, 0.29) is 0 Å². The second-order valence-corrected chi connectivity index (χ2v) is 4.10. The van der Waals surface area contributed by atoms with Gasteiger partial charge >= 0.3 is 0 Å². The fourth-order valence-corrected chi connectivity index (χ4v) is 1.16. The third kappa shape index (κ3) is 6.79. The molecule has 0 aromatic rings. The molecule has 0 spiro atoms. The third-order valence-electron chi connectivity index (χ3n) is 2.20. The van der Waals surface area contributed by atoms with Gasteiger partial charge in [-0.2, -0.15) is 0 Å². The Kier molecular flexibility index (Phi) is 6.00. The molecule has 13 heavy (non-hydrogen) atoms. The van der Waals surface area contributed by atoms with E-state index in [1.54, 1.807) is 13.8 Å². The highest BCUT2D eigenvalue weighted by Crippen LogP contribution is 2.15. The minimum Gasteiger partial charge on any atom is -0.390 e. The van der Waals surface area contributed by atoms with E-state index in [2.05, 4.69) is 6.58 Å². The van der Waals surface area contributed by atoms with Gasteiger partial charge in [0.1, 0.15) is 0 Å². The van der Waals surface area contributed by atoms with Crippen LogP contribution >= 0.6 is 0 Å². The van der Waals surface area contributed by atoms with Crippen molar-refractivity contribution in [1.82, 2.24) is 0 Å². The van der Waals surface area contributed by atoms with Crippen molar-refractivity contribution in [1.29, 1.82) is 0 Å². The van der Waals surface area contributed by atoms with Crippen molar-refractivity contribution in [2.75, 3.05) is 0 Å². The zero-order valence-electron chi connectivity index (χ0n) is 8.79. The summed E-state index contributed by atoms with van der Waals surface area (Å²) >= 11 is 0. The standard InChI is InChI=1S/C11H22O2/c1-4-5-6-7-8-9-10(12)11(2,3)13/h4,10,12-13H,1,5-9H2,2-3H3. The van der Waals surface area contributed by atoms with Crippen molar-refractivity contribution < 1.29 is 10.2 Å². The molecule has 1 atom stereocenters. The fraction of sp³-hybridized carbons (Fsp3) is 0.818. The zero-order chi connectivity index (χ0) is 10.3. The first-order chi connectivity index (χ1) is 5.98. The Morgan fingerprint density at radius 3 is 2.38 bits per heavy atom. The van der Waals surface area contributed by atoms with Crippen LogP contribution in [0, 0.1) is 0 Å². The molecule has 0 rings (SSSR count). The van der Waals surface area contributed by atoms with Gasteiger partial charge in [0.2, 0.25) is 0 Å². The van der Waals surface area contributed by atoms with Crippen LogP contribution in [0.3, 0.4) is 0 Å². The molecule has 0 heterocycles. The first-order valence-electron chi connectivity index (χ1n) is 5.00. The number of allylic oxidation sites excluding steroid dienone is 1. The summed E-state index contributed by atoms with van der Waals surface area (Å²) in [4.78, 5) is 0. The van der Waals surface area contributed by atoms with Crippen molar-refractivity contribution in [2.45, 2.75) is 57.7 Å². The first-order valence-corrected chi connectivity index (χ1v) is 5.00. The predicted molar refractivity (Wildman–Crippen MR) is 55.6 cm³/mol. The minimum atomic E-state index is -0.960. The molecule has 1 unspecified atom stereocenters. The molecular formula is C11H22O2. The van der Waals surface area contributed by atoms with Crippen LogP contribution in [0.4, 0.5) is 0 Å². The maximum Gasteiger partial charge on any atom is 0.0849 e. The summed E-state index contributed by atoms with van der Waals surface area (Å²) in [6.07, 6.45) is 6.22. The molecule has 2 N–H and O–H groups in total. The highest BCUT2D eigenvalue weighted by atomic mass is 16.3. The third-order valence-corrected chi connectivity index (χ3v) is 2.20. The Morgan fingerprint density at radius 2 is 1.92 bits per heavy atom. The van der Waals surface area contributed by atoms with E-state index in [9.17, 15) is 10.2 Å². The molecule has 0 saturated carbocycles. The maximum atomic E-state index is 9.47. The van der Waals surface area contributed by atoms with Gasteiger partial charge in [0.25, 0.3) is 0 Å². The van der Waals surface area contributed by atoms with Crippen LogP contribution in [0.25, 0.3) is 0 Å². The Balaban J connectivity index is 3.37. The van der Waals surface area contributed by atoms with Gasteiger partial charge in [-0.25, -0.2) is 0 Å². The molecule has 0 aliphatic rings. The first kappa shape index (κ1) is 12.7. The molecule has 0 saturated heterocycles. The highest BCUT2D eigenvalue weighted by molar-refractivity contribution is 4.76. The van der Waals surface area contributed by atoms with Crippen molar-refractivity contribution >= 4 is 0 Å². The number of unbranched alkanes of at least 4 members (excludes halogenated alkanes) is 3. The number of hydrogen-bond donors (Lipinski definition) is 2. The second-order valence-electron chi connectivity index (χ2n) is 4.10. The van der Waals surface area contributed by atoms with E-state index < -0.39 is 11.7 Å². The largest absolute Gasteiger partial charge is 0.390 e. The number of rotatable bonds is 7. The fourth-order valence-electron chi connectivity index (χ4n) is 1.16. The SMILES string of the molecule is C=CCCCCCC(O)C(C)(C)O. The van der Waals surface area contributed by atoms with Crippen molar-refractivity contribution in [3.63, 3.8) is 0 Å². The second kappa shape index (κ2) is 6.17. The van der Waals surface area contributed by atoms with E-state index in [4.69, 9.17) is 0 Å². The number of aliphatic hydroxyl groups is 2. The van der Waals surface area contributed by atoms with E-state index in [1.165, 1.54) is 0 Å². The summed E-state index contributed by atoms with van der Waals surface area (Å²) in [7, 11) is 0. The lowest BCUT2D eigenvalue weighted by Crippen LogP contribution is -2.35. The van der Waals surface area contributed by atoms with E-state index in [0.29, 0.717) is 6.42 Å². The molecule has 0 aliphatic carbocycles. The van der Waals surface area contributed by atoms with Crippen molar-refractivity contribution in [3.8, 4) is 0 Å². The predicted octanol–water partition coefficient (Wildman–Crippen LogP) is 2.25. The van der Waals surface area contributed by atoms with E-state index in [1.807, 2.05) is 6.08 Å². The summed E-state index contributed by atoms with van der Waals surface area (Å²) in [6.45, 7) is 6.92. The molecule has 0 aliphatic heterocycles. The van der Waals surface area contributed by atoms with Gasteiger partial charge in [0, 0.05) is 0 Å². The molecule has 0 bridgehead atoms. The molecule has 0 fully saturated rings. The van der Waals surface area contributed by atoms with Crippen LogP contribution in [0.2, 0.25) is 0 Å². The average Bonchev–Trinajstić information content (AvgIpc) is 2.02. The van der Waals surface area contributed by atoms with Gasteiger partial charge < -0.3 is 10.2 Å². The minimum absolute atomic E-state index is 0.601. The van der Waals surface area contributed by atoms with Gasteiger partial charge in [-0.1, -0.05) is 18.9 Å². The normalized spacial score (nSPS) is 14.2. The molecule has 0 aromatic carbocycles. The van der Waals surface area contributed by atoms with Gasteiger partial charge in [-0.3, -0.25) is 0 Å². The topological polar surface area (TPSA) is 40.5 Å². The summed E-state index contributed by atoms with van der Waals surface area (Å²) in [5.74, 6) is 0. The highest BCUT2D eigenvalue weighted by Gasteiger charge is 2.23. The maximum absolute atomic E-state index is 9.47. The number of aliphatic hydroxyl groups excluding tert-OH is 1. The van der Waals surface area contributed by atoms with Gasteiger partial charge in [-0.05, 0) is 33.1 Å². The molecule has 0 aromatic heterocycles. The summed E-state index contributed by atoms with van der Waals surface area (Å²) < 4.78 is 0. The molecular weight excluding hydrogens is 164 g/mol. The molecule has 2 heteroatoms. The van der Waals surface area contributed by atoms with Crippen LogP contribution in [0.1, 0.15) is 46.0 Å². The van der Waals surface area contributed by atoms with Gasteiger partial charge in [-0.15, -0.1) is 6.58 Å². The monoisotopic (exact) mass is 186 g/mol.